The fourth-order valence-corrected chi connectivity index (χ4v) is 2.78. The van der Waals surface area contributed by atoms with Crippen LogP contribution in [0.5, 0.6) is 0 Å². The molecule has 0 aliphatic rings. The number of methoxy groups -OCH3 is 1. The van der Waals surface area contributed by atoms with Crippen LogP contribution in [-0.4, -0.2) is 28.8 Å². The number of fused-ring (bicyclic) bond motifs is 1. The fraction of sp³-hybridized carbons (Fsp3) is 0.133. The van der Waals surface area contributed by atoms with E-state index in [1.165, 1.54) is 18.4 Å². The average molecular weight is 300 g/mol. The lowest BCUT2D eigenvalue weighted by atomic mass is 10.0. The van der Waals surface area contributed by atoms with Gasteiger partial charge in [0, 0.05) is 6.42 Å². The highest BCUT2D eigenvalue weighted by atomic mass is 32.1. The van der Waals surface area contributed by atoms with Crippen molar-refractivity contribution in [3.63, 3.8) is 0 Å². The number of nitrogens with zero attached hydrogens (tertiary/aromatic N) is 1. The van der Waals surface area contributed by atoms with Crippen molar-refractivity contribution in [1.82, 2.24) is 9.97 Å². The monoisotopic (exact) mass is 300 g/mol. The third-order valence-electron chi connectivity index (χ3n) is 3.14. The lowest BCUT2D eigenvalue weighted by Crippen LogP contribution is -2.06. The lowest BCUT2D eigenvalue weighted by Gasteiger charge is -2.03. The van der Waals surface area contributed by atoms with E-state index in [0.29, 0.717) is 11.3 Å². The number of rotatable bonds is 4. The number of carbonyl (C=O) groups is 2. The van der Waals surface area contributed by atoms with Crippen molar-refractivity contribution >= 4 is 33.4 Å². The van der Waals surface area contributed by atoms with Crippen LogP contribution in [0.4, 0.5) is 0 Å². The number of Topliss-reactive ketones (excluding diaryl/α,β-unsaturated/α-hetero) is 1. The van der Waals surface area contributed by atoms with E-state index in [2.05, 4.69) is 14.7 Å². The van der Waals surface area contributed by atoms with Crippen molar-refractivity contribution in [3.8, 4) is 0 Å². The molecule has 0 unspecified atom stereocenters. The first-order valence-electron chi connectivity index (χ1n) is 6.30. The zero-order chi connectivity index (χ0) is 14.8. The molecule has 5 nitrogen and oxygen atoms in total. The molecular formula is C15H12N2O3S. The molecule has 2 heterocycles. The van der Waals surface area contributed by atoms with E-state index in [-0.39, 0.29) is 12.2 Å². The zero-order valence-electron chi connectivity index (χ0n) is 11.3. The number of aromatic nitrogens is 2. The van der Waals surface area contributed by atoms with Crippen LogP contribution in [0.15, 0.2) is 35.8 Å². The van der Waals surface area contributed by atoms with Gasteiger partial charge in [-0.2, -0.15) is 0 Å². The second kappa shape index (κ2) is 5.49. The highest BCUT2D eigenvalue weighted by Crippen LogP contribution is 2.19. The number of ether oxygens (including phenoxy) is 1. The number of benzene rings is 1. The summed E-state index contributed by atoms with van der Waals surface area (Å²) in [5.41, 5.74) is 4.21. The molecule has 1 aromatic carbocycles. The molecule has 0 bridgehead atoms. The van der Waals surface area contributed by atoms with E-state index >= 15 is 0 Å². The van der Waals surface area contributed by atoms with Crippen molar-refractivity contribution in [2.45, 2.75) is 6.42 Å². The van der Waals surface area contributed by atoms with Gasteiger partial charge in [-0.3, -0.25) is 4.79 Å². The summed E-state index contributed by atoms with van der Waals surface area (Å²) in [5.74, 6) is -0.448. The maximum absolute atomic E-state index is 12.3. The van der Waals surface area contributed by atoms with Gasteiger partial charge in [0.15, 0.2) is 5.78 Å². The minimum Gasteiger partial charge on any atom is -0.465 e. The second-order valence-electron chi connectivity index (χ2n) is 4.54. The van der Waals surface area contributed by atoms with Crippen LogP contribution in [0.2, 0.25) is 0 Å². The summed E-state index contributed by atoms with van der Waals surface area (Å²) in [4.78, 5) is 30.9. The summed E-state index contributed by atoms with van der Waals surface area (Å²) in [6, 6.07) is 8.69. The standard InChI is InChI=1S/C15H12N2O3S/c1-20-15(19)10-4-2-3-9(5-10)6-12(18)11-7-13-14(17-11)16-8-21-13/h2-5,7-8,17H,6H2,1H3. The molecule has 0 atom stereocenters. The van der Waals surface area contributed by atoms with Crippen molar-refractivity contribution in [2.75, 3.05) is 7.11 Å². The molecule has 0 saturated carbocycles. The predicted octanol–water partition coefficient (Wildman–Crippen LogP) is 2.84. The molecule has 0 spiro atoms. The maximum Gasteiger partial charge on any atom is 0.337 e. The van der Waals surface area contributed by atoms with E-state index in [1.54, 1.807) is 29.8 Å². The summed E-state index contributed by atoms with van der Waals surface area (Å²) in [6.45, 7) is 0. The largest absolute Gasteiger partial charge is 0.465 e. The summed E-state index contributed by atoms with van der Waals surface area (Å²) < 4.78 is 5.63. The van der Waals surface area contributed by atoms with Crippen LogP contribution in [0.25, 0.3) is 10.3 Å². The number of thiazole rings is 1. The SMILES string of the molecule is COC(=O)c1cccc(CC(=O)c2cc3scnc3[nH]2)c1. The Hall–Kier alpha value is -2.47. The minimum atomic E-state index is -0.408. The summed E-state index contributed by atoms with van der Waals surface area (Å²) in [6.07, 6.45) is 0.221. The quantitative estimate of drug-likeness (QED) is 0.594. The third-order valence-corrected chi connectivity index (χ3v) is 3.91. The van der Waals surface area contributed by atoms with Gasteiger partial charge < -0.3 is 9.72 Å². The smallest absolute Gasteiger partial charge is 0.337 e. The van der Waals surface area contributed by atoms with Crippen molar-refractivity contribution in [3.05, 3.63) is 52.7 Å². The molecule has 0 aliphatic carbocycles. The Kier molecular flexibility index (Phi) is 3.53. The molecule has 0 amide bonds. The van der Waals surface area contributed by atoms with Crippen LogP contribution in [0, 0.1) is 0 Å². The van der Waals surface area contributed by atoms with Gasteiger partial charge in [0.2, 0.25) is 0 Å². The highest BCUT2D eigenvalue weighted by Gasteiger charge is 2.13. The van der Waals surface area contributed by atoms with Crippen molar-refractivity contribution in [1.29, 1.82) is 0 Å². The normalized spacial score (nSPS) is 10.7. The van der Waals surface area contributed by atoms with Gasteiger partial charge in [0.1, 0.15) is 5.65 Å². The topological polar surface area (TPSA) is 72.1 Å². The summed E-state index contributed by atoms with van der Waals surface area (Å²) in [5, 5.41) is 0. The van der Waals surface area contributed by atoms with Crippen molar-refractivity contribution < 1.29 is 14.3 Å². The molecule has 0 fully saturated rings. The number of H-pyrrole nitrogens is 1. The highest BCUT2D eigenvalue weighted by molar-refractivity contribution is 7.16. The number of hydrogen-bond acceptors (Lipinski definition) is 5. The summed E-state index contributed by atoms with van der Waals surface area (Å²) in [7, 11) is 1.33. The Morgan fingerprint density at radius 1 is 1.33 bits per heavy atom. The maximum atomic E-state index is 12.3. The van der Waals surface area contributed by atoms with Crippen LogP contribution in [0.1, 0.15) is 26.4 Å². The Balaban J connectivity index is 1.81. The molecule has 21 heavy (non-hydrogen) atoms. The Bertz CT molecular complexity index is 791. The molecule has 0 radical (unpaired) electrons. The Labute approximate surface area is 124 Å². The second-order valence-corrected chi connectivity index (χ2v) is 5.43. The predicted molar refractivity (Wildman–Crippen MR) is 79.8 cm³/mol. The Morgan fingerprint density at radius 2 is 2.19 bits per heavy atom. The molecule has 1 N–H and O–H groups in total. The number of esters is 1. The molecule has 6 heteroatoms. The molecule has 0 saturated heterocycles. The zero-order valence-corrected chi connectivity index (χ0v) is 12.1. The van der Waals surface area contributed by atoms with Crippen LogP contribution in [-0.2, 0) is 11.2 Å². The first kappa shape index (κ1) is 13.5. The van der Waals surface area contributed by atoms with Gasteiger partial charge in [-0.05, 0) is 23.8 Å². The van der Waals surface area contributed by atoms with Gasteiger partial charge in [-0.1, -0.05) is 12.1 Å². The fourth-order valence-electron chi connectivity index (χ4n) is 2.10. The number of carbonyl (C=O) groups excluding carboxylic acids is 2. The van der Waals surface area contributed by atoms with Gasteiger partial charge in [0.05, 0.1) is 28.6 Å². The van der Waals surface area contributed by atoms with Crippen molar-refractivity contribution in [2.24, 2.45) is 0 Å². The van der Waals surface area contributed by atoms with Gasteiger partial charge in [0.25, 0.3) is 0 Å². The van der Waals surface area contributed by atoms with Gasteiger partial charge in [-0.15, -0.1) is 11.3 Å². The number of hydrogen-bond donors (Lipinski definition) is 1. The van der Waals surface area contributed by atoms with E-state index in [1.807, 2.05) is 6.07 Å². The molecule has 2 aromatic heterocycles. The van der Waals surface area contributed by atoms with E-state index < -0.39 is 5.97 Å². The first-order valence-corrected chi connectivity index (χ1v) is 7.18. The van der Waals surface area contributed by atoms with Gasteiger partial charge >= 0.3 is 5.97 Å². The molecular weight excluding hydrogens is 288 g/mol. The molecule has 3 rings (SSSR count). The average Bonchev–Trinajstić information content (AvgIpc) is 3.08. The lowest BCUT2D eigenvalue weighted by molar-refractivity contribution is 0.0600. The number of aromatic amines is 1. The minimum absolute atomic E-state index is 0.0396. The van der Waals surface area contributed by atoms with Crippen LogP contribution in [0.3, 0.4) is 0 Å². The number of ketones is 1. The molecule has 106 valence electrons. The van der Waals surface area contributed by atoms with E-state index in [0.717, 1.165) is 15.9 Å². The first-order chi connectivity index (χ1) is 10.2. The van der Waals surface area contributed by atoms with E-state index in [4.69, 9.17) is 0 Å². The Morgan fingerprint density at radius 3 is 2.95 bits per heavy atom. The van der Waals surface area contributed by atoms with Crippen LogP contribution < -0.4 is 0 Å². The molecule has 3 aromatic rings. The number of nitrogens with one attached hydrogen (secondary N) is 1. The summed E-state index contributed by atoms with van der Waals surface area (Å²) >= 11 is 1.49. The third kappa shape index (κ3) is 2.71. The van der Waals surface area contributed by atoms with Crippen LogP contribution >= 0.6 is 11.3 Å². The molecule has 0 aliphatic heterocycles. The van der Waals surface area contributed by atoms with Gasteiger partial charge in [-0.25, -0.2) is 9.78 Å². The van der Waals surface area contributed by atoms with E-state index in [9.17, 15) is 9.59 Å².